The van der Waals surface area contributed by atoms with E-state index in [2.05, 4.69) is 5.32 Å². The third-order valence-corrected chi connectivity index (χ3v) is 4.85. The molecule has 1 aliphatic rings. The maximum atomic E-state index is 13.9. The smallest absolute Gasteiger partial charge is 0.231 e. The summed E-state index contributed by atoms with van der Waals surface area (Å²) in [4.78, 5) is 0. The zero-order valence-corrected chi connectivity index (χ0v) is 17.2. The average Bonchev–Trinajstić information content (AvgIpc) is 3.21. The van der Waals surface area contributed by atoms with E-state index >= 15 is 0 Å². The van der Waals surface area contributed by atoms with E-state index in [0.717, 1.165) is 17.0 Å². The van der Waals surface area contributed by atoms with Crippen LogP contribution >= 0.6 is 11.6 Å². The number of hydrogen-bond donors (Lipinski definition) is 1. The molecule has 1 N–H and O–H groups in total. The molecule has 5 nitrogen and oxygen atoms in total. The monoisotopic (exact) mass is 429 g/mol. The molecule has 30 heavy (non-hydrogen) atoms. The third-order valence-electron chi connectivity index (χ3n) is 4.57. The van der Waals surface area contributed by atoms with Crippen molar-refractivity contribution >= 4 is 17.3 Å². The highest BCUT2D eigenvalue weighted by molar-refractivity contribution is 6.32. The Labute approximate surface area is 179 Å². The summed E-state index contributed by atoms with van der Waals surface area (Å²) in [6.45, 7) is 3.15. The van der Waals surface area contributed by atoms with Gasteiger partial charge in [-0.05, 0) is 42.8 Å². The maximum Gasteiger partial charge on any atom is 0.231 e. The quantitative estimate of drug-likeness (QED) is 0.490. The fraction of sp³-hybridized carbons (Fsp3) is 0.217. The molecule has 1 heterocycles. The minimum absolute atomic E-state index is 0.0568. The summed E-state index contributed by atoms with van der Waals surface area (Å²) < 4.78 is 36.1. The molecule has 0 radical (unpaired) electrons. The molecule has 0 aliphatic carbocycles. The van der Waals surface area contributed by atoms with E-state index in [4.69, 9.17) is 30.5 Å². The number of hydrogen-bond acceptors (Lipinski definition) is 5. The van der Waals surface area contributed by atoms with Gasteiger partial charge in [-0.25, -0.2) is 4.39 Å². The predicted molar refractivity (Wildman–Crippen MR) is 113 cm³/mol. The van der Waals surface area contributed by atoms with Crippen LogP contribution in [0.5, 0.6) is 23.0 Å². The zero-order valence-electron chi connectivity index (χ0n) is 16.4. The van der Waals surface area contributed by atoms with Crippen molar-refractivity contribution in [1.82, 2.24) is 0 Å². The van der Waals surface area contributed by atoms with Gasteiger partial charge in [-0.3, -0.25) is 0 Å². The highest BCUT2D eigenvalue weighted by atomic mass is 35.5. The van der Waals surface area contributed by atoms with E-state index in [-0.39, 0.29) is 19.2 Å². The van der Waals surface area contributed by atoms with Gasteiger partial charge in [0.25, 0.3) is 0 Å². The molecule has 3 aromatic carbocycles. The molecule has 4 rings (SSSR count). The topological polar surface area (TPSA) is 49.0 Å². The predicted octanol–water partition coefficient (Wildman–Crippen LogP) is 5.80. The second-order valence-corrected chi connectivity index (χ2v) is 7.05. The van der Waals surface area contributed by atoms with Crippen molar-refractivity contribution in [2.45, 2.75) is 20.1 Å². The lowest BCUT2D eigenvalue weighted by Crippen LogP contribution is -2.04. The lowest BCUT2D eigenvalue weighted by Gasteiger charge is -2.16. The lowest BCUT2D eigenvalue weighted by atomic mass is 10.2. The first kappa shape index (κ1) is 20.2. The van der Waals surface area contributed by atoms with Crippen molar-refractivity contribution in [2.75, 3.05) is 18.7 Å². The van der Waals surface area contributed by atoms with Crippen LogP contribution in [0.15, 0.2) is 54.6 Å². The van der Waals surface area contributed by atoms with Gasteiger partial charge >= 0.3 is 0 Å². The van der Waals surface area contributed by atoms with Gasteiger partial charge in [0, 0.05) is 23.9 Å². The first-order chi connectivity index (χ1) is 14.6. The maximum absolute atomic E-state index is 13.9. The minimum atomic E-state index is -0.323. The molecule has 0 saturated heterocycles. The minimum Gasteiger partial charge on any atom is -0.490 e. The van der Waals surface area contributed by atoms with E-state index < -0.39 is 0 Å². The Morgan fingerprint density at radius 1 is 1.03 bits per heavy atom. The molecule has 0 aromatic heterocycles. The molecule has 0 amide bonds. The van der Waals surface area contributed by atoms with E-state index in [0.29, 0.717) is 41.0 Å². The second-order valence-electron chi connectivity index (χ2n) is 6.64. The van der Waals surface area contributed by atoms with E-state index in [1.165, 1.54) is 6.07 Å². The molecular formula is C23H21ClFNO4. The molecule has 0 saturated carbocycles. The summed E-state index contributed by atoms with van der Waals surface area (Å²) in [5, 5.41) is 3.73. The number of ether oxygens (including phenoxy) is 4. The molecular weight excluding hydrogens is 409 g/mol. The van der Waals surface area contributed by atoms with Gasteiger partial charge in [0.1, 0.15) is 12.4 Å². The summed E-state index contributed by atoms with van der Waals surface area (Å²) in [5.74, 6) is 2.04. The number of fused-ring (bicyclic) bond motifs is 1. The van der Waals surface area contributed by atoms with Crippen LogP contribution in [0.4, 0.5) is 10.1 Å². The van der Waals surface area contributed by atoms with Crippen LogP contribution in [-0.4, -0.2) is 13.4 Å². The van der Waals surface area contributed by atoms with Gasteiger partial charge in [0.2, 0.25) is 6.79 Å². The van der Waals surface area contributed by atoms with Crippen LogP contribution in [0.1, 0.15) is 18.1 Å². The zero-order chi connectivity index (χ0) is 20.9. The standard InChI is InChI=1S/C23H21ClFNO4/c1-2-27-22-10-15(12-26-17-7-8-20-21(11-17)30-14-29-20)9-18(24)23(22)28-13-16-5-3-4-6-19(16)25/h3-11,26H,2,12-14H2,1H3. The van der Waals surface area contributed by atoms with Crippen molar-refractivity contribution < 1.29 is 23.3 Å². The lowest BCUT2D eigenvalue weighted by molar-refractivity contribution is 0.174. The van der Waals surface area contributed by atoms with Crippen LogP contribution in [0.25, 0.3) is 0 Å². The SMILES string of the molecule is CCOc1cc(CNc2ccc3c(c2)OCO3)cc(Cl)c1OCc1ccccc1F. The first-order valence-corrected chi connectivity index (χ1v) is 9.96. The number of halogens is 2. The Morgan fingerprint density at radius 3 is 2.70 bits per heavy atom. The normalized spacial score (nSPS) is 12.0. The van der Waals surface area contributed by atoms with Gasteiger partial charge in [-0.1, -0.05) is 29.8 Å². The molecule has 3 aromatic rings. The van der Waals surface area contributed by atoms with Crippen LogP contribution < -0.4 is 24.3 Å². The summed E-state index contributed by atoms with van der Waals surface area (Å²) in [7, 11) is 0. The largest absolute Gasteiger partial charge is 0.490 e. The molecule has 0 fully saturated rings. The Hall–Kier alpha value is -3.12. The van der Waals surface area contributed by atoms with Crippen molar-refractivity contribution in [3.05, 3.63) is 76.6 Å². The Bertz CT molecular complexity index is 1040. The van der Waals surface area contributed by atoms with E-state index in [1.54, 1.807) is 24.3 Å². The summed E-state index contributed by atoms with van der Waals surface area (Å²) in [6.07, 6.45) is 0. The van der Waals surface area contributed by atoms with Crippen molar-refractivity contribution in [1.29, 1.82) is 0 Å². The van der Waals surface area contributed by atoms with Gasteiger partial charge in [0.05, 0.1) is 11.6 Å². The fourth-order valence-corrected chi connectivity index (χ4v) is 3.39. The Kier molecular flexibility index (Phi) is 6.14. The van der Waals surface area contributed by atoms with E-state index in [9.17, 15) is 4.39 Å². The summed E-state index contributed by atoms with van der Waals surface area (Å²) in [6, 6.07) is 15.8. The van der Waals surface area contributed by atoms with Gasteiger partial charge in [0.15, 0.2) is 23.0 Å². The van der Waals surface area contributed by atoms with Crippen LogP contribution in [0, 0.1) is 5.82 Å². The summed E-state index contributed by atoms with van der Waals surface area (Å²) >= 11 is 6.47. The highest BCUT2D eigenvalue weighted by Gasteiger charge is 2.15. The van der Waals surface area contributed by atoms with Gasteiger partial charge in [-0.2, -0.15) is 0 Å². The van der Waals surface area contributed by atoms with Crippen molar-refractivity contribution in [3.63, 3.8) is 0 Å². The van der Waals surface area contributed by atoms with Gasteiger partial charge < -0.3 is 24.3 Å². The first-order valence-electron chi connectivity index (χ1n) is 9.59. The third kappa shape index (κ3) is 4.54. The molecule has 0 atom stereocenters. The molecule has 0 spiro atoms. The molecule has 0 unspecified atom stereocenters. The van der Waals surface area contributed by atoms with Crippen LogP contribution in [-0.2, 0) is 13.2 Å². The molecule has 0 bridgehead atoms. The Morgan fingerprint density at radius 2 is 1.87 bits per heavy atom. The second kappa shape index (κ2) is 9.13. The number of benzene rings is 3. The highest BCUT2D eigenvalue weighted by Crippen LogP contribution is 2.38. The number of nitrogens with one attached hydrogen (secondary N) is 1. The number of rotatable bonds is 8. The molecule has 1 aliphatic heterocycles. The molecule has 7 heteroatoms. The summed E-state index contributed by atoms with van der Waals surface area (Å²) in [5.41, 5.74) is 2.26. The Balaban J connectivity index is 1.48. The fourth-order valence-electron chi connectivity index (χ4n) is 3.10. The molecule has 156 valence electrons. The number of anilines is 1. The van der Waals surface area contributed by atoms with E-state index in [1.807, 2.05) is 31.2 Å². The van der Waals surface area contributed by atoms with Crippen molar-refractivity contribution in [3.8, 4) is 23.0 Å². The van der Waals surface area contributed by atoms with Crippen molar-refractivity contribution in [2.24, 2.45) is 0 Å². The van der Waals surface area contributed by atoms with Gasteiger partial charge in [-0.15, -0.1) is 0 Å². The average molecular weight is 430 g/mol. The van der Waals surface area contributed by atoms with Crippen LogP contribution in [0.2, 0.25) is 5.02 Å². The van der Waals surface area contributed by atoms with Crippen LogP contribution in [0.3, 0.4) is 0 Å².